The molecule has 1 aliphatic heterocycles. The molecular formula is C19H20N2O5S. The summed E-state index contributed by atoms with van der Waals surface area (Å²) in [6.45, 7) is 2.19. The topological polar surface area (TPSA) is 104 Å². The first kappa shape index (κ1) is 18.9. The molecule has 2 N–H and O–H groups in total. The van der Waals surface area contributed by atoms with Gasteiger partial charge < -0.3 is 10.0 Å². The van der Waals surface area contributed by atoms with Crippen LogP contribution in [0.5, 0.6) is 0 Å². The van der Waals surface area contributed by atoms with Gasteiger partial charge in [-0.2, -0.15) is 0 Å². The van der Waals surface area contributed by atoms with E-state index in [0.717, 1.165) is 5.56 Å². The van der Waals surface area contributed by atoms with Crippen molar-refractivity contribution in [1.82, 2.24) is 4.90 Å². The van der Waals surface area contributed by atoms with Crippen LogP contribution in [-0.4, -0.2) is 42.9 Å². The number of carboxylic acids is 1. The van der Waals surface area contributed by atoms with Crippen molar-refractivity contribution in [3.63, 3.8) is 0 Å². The van der Waals surface area contributed by atoms with Crippen molar-refractivity contribution in [3.8, 4) is 0 Å². The summed E-state index contributed by atoms with van der Waals surface area (Å²) in [4.78, 5) is 25.2. The number of sulfonamides is 1. The lowest BCUT2D eigenvalue weighted by molar-refractivity contribution is -0.141. The van der Waals surface area contributed by atoms with Crippen LogP contribution in [0.2, 0.25) is 0 Å². The molecular weight excluding hydrogens is 368 g/mol. The molecule has 8 heteroatoms. The van der Waals surface area contributed by atoms with Crippen LogP contribution in [0.25, 0.3) is 0 Å². The fourth-order valence-electron chi connectivity index (χ4n) is 3.15. The number of nitrogens with one attached hydrogen (secondary N) is 1. The van der Waals surface area contributed by atoms with E-state index in [4.69, 9.17) is 0 Å². The molecule has 0 aliphatic carbocycles. The Kier molecular flexibility index (Phi) is 5.18. The first-order valence-electron chi connectivity index (χ1n) is 8.51. The molecule has 1 aliphatic rings. The van der Waals surface area contributed by atoms with Gasteiger partial charge in [0.1, 0.15) is 6.04 Å². The highest BCUT2D eigenvalue weighted by atomic mass is 32.2. The van der Waals surface area contributed by atoms with Crippen LogP contribution in [0.3, 0.4) is 0 Å². The third-order valence-electron chi connectivity index (χ3n) is 4.46. The van der Waals surface area contributed by atoms with Crippen LogP contribution >= 0.6 is 0 Å². The molecule has 0 spiro atoms. The van der Waals surface area contributed by atoms with E-state index in [1.807, 2.05) is 13.0 Å². The molecule has 0 saturated carbocycles. The van der Waals surface area contributed by atoms with Gasteiger partial charge in [0.25, 0.3) is 15.9 Å². The van der Waals surface area contributed by atoms with Gasteiger partial charge in [-0.25, -0.2) is 13.2 Å². The van der Waals surface area contributed by atoms with Gasteiger partial charge in [0.2, 0.25) is 0 Å². The number of aliphatic carboxylic acids is 1. The average molecular weight is 388 g/mol. The van der Waals surface area contributed by atoms with E-state index >= 15 is 0 Å². The standard InChI is InChI=1S/C19H20N2O5S/c1-13-5-2-7-15(11-13)20-27(25,26)16-8-3-6-14(12-16)18(22)21-10-4-9-17(21)19(23)24/h2-3,5-8,11-12,17,20H,4,9-10H2,1H3,(H,23,24)/t17-/m1/s1. The minimum Gasteiger partial charge on any atom is -0.480 e. The van der Waals surface area contributed by atoms with Gasteiger partial charge in [0.15, 0.2) is 0 Å². The first-order valence-corrected chi connectivity index (χ1v) is 9.99. The number of aryl methyl sites for hydroxylation is 1. The van der Waals surface area contributed by atoms with Crippen molar-refractivity contribution < 1.29 is 23.1 Å². The van der Waals surface area contributed by atoms with Gasteiger partial charge in [0.05, 0.1) is 4.90 Å². The molecule has 0 aromatic heterocycles. The zero-order chi connectivity index (χ0) is 19.6. The summed E-state index contributed by atoms with van der Waals surface area (Å²) >= 11 is 0. The van der Waals surface area contributed by atoms with E-state index in [0.29, 0.717) is 25.1 Å². The fraction of sp³-hybridized carbons (Fsp3) is 0.263. The maximum Gasteiger partial charge on any atom is 0.326 e. The molecule has 0 radical (unpaired) electrons. The number of carbonyl (C=O) groups excluding carboxylic acids is 1. The number of benzene rings is 2. The van der Waals surface area contributed by atoms with Crippen molar-refractivity contribution in [2.75, 3.05) is 11.3 Å². The highest BCUT2D eigenvalue weighted by molar-refractivity contribution is 7.92. The number of amides is 1. The number of carbonyl (C=O) groups is 2. The Labute approximate surface area is 157 Å². The minimum atomic E-state index is -3.88. The number of likely N-dealkylation sites (tertiary alicyclic amines) is 1. The van der Waals surface area contributed by atoms with Gasteiger partial charge in [-0.05, 0) is 55.7 Å². The van der Waals surface area contributed by atoms with Gasteiger partial charge in [-0.3, -0.25) is 9.52 Å². The molecule has 2 aromatic carbocycles. The highest BCUT2D eigenvalue weighted by Gasteiger charge is 2.34. The molecule has 1 atom stereocenters. The van der Waals surface area contributed by atoms with Crippen molar-refractivity contribution in [1.29, 1.82) is 0 Å². The Bertz CT molecular complexity index is 987. The van der Waals surface area contributed by atoms with Crippen LogP contribution in [-0.2, 0) is 14.8 Å². The van der Waals surface area contributed by atoms with E-state index in [1.165, 1.54) is 29.2 Å². The third-order valence-corrected chi connectivity index (χ3v) is 5.84. The Morgan fingerprint density at radius 1 is 1.15 bits per heavy atom. The zero-order valence-corrected chi connectivity index (χ0v) is 15.6. The second kappa shape index (κ2) is 7.40. The Morgan fingerprint density at radius 2 is 1.89 bits per heavy atom. The van der Waals surface area contributed by atoms with E-state index in [-0.39, 0.29) is 10.5 Å². The minimum absolute atomic E-state index is 0.0547. The molecule has 3 rings (SSSR count). The lowest BCUT2D eigenvalue weighted by Crippen LogP contribution is -2.40. The average Bonchev–Trinajstić information content (AvgIpc) is 3.11. The number of anilines is 1. The third kappa shape index (κ3) is 4.11. The molecule has 142 valence electrons. The normalized spacial score (nSPS) is 16.9. The van der Waals surface area contributed by atoms with Crippen LogP contribution in [0.1, 0.15) is 28.8 Å². The monoisotopic (exact) mass is 388 g/mol. The van der Waals surface area contributed by atoms with Crippen LogP contribution in [0.15, 0.2) is 53.4 Å². The van der Waals surface area contributed by atoms with Gasteiger partial charge in [0, 0.05) is 17.8 Å². The number of carboxylic acid groups (broad SMARTS) is 1. The maximum absolute atomic E-state index is 12.7. The molecule has 2 aromatic rings. The van der Waals surface area contributed by atoms with Crippen molar-refractivity contribution >= 4 is 27.6 Å². The summed E-state index contributed by atoms with van der Waals surface area (Å²) in [5, 5.41) is 9.25. The van der Waals surface area contributed by atoms with Gasteiger partial charge in [-0.1, -0.05) is 18.2 Å². The van der Waals surface area contributed by atoms with E-state index < -0.39 is 27.9 Å². The van der Waals surface area contributed by atoms with Gasteiger partial charge in [-0.15, -0.1) is 0 Å². The largest absolute Gasteiger partial charge is 0.480 e. The Balaban J connectivity index is 1.86. The van der Waals surface area contributed by atoms with Crippen molar-refractivity contribution in [3.05, 3.63) is 59.7 Å². The van der Waals surface area contributed by atoms with Crippen molar-refractivity contribution in [2.45, 2.75) is 30.7 Å². The SMILES string of the molecule is Cc1cccc(NS(=O)(=O)c2cccc(C(=O)N3CCC[C@@H]3C(=O)O)c2)c1. The first-order chi connectivity index (χ1) is 12.8. The fourth-order valence-corrected chi connectivity index (χ4v) is 4.25. The van der Waals surface area contributed by atoms with E-state index in [9.17, 15) is 23.1 Å². The summed E-state index contributed by atoms with van der Waals surface area (Å²) in [7, 11) is -3.88. The second-order valence-corrected chi connectivity index (χ2v) is 8.18. The van der Waals surface area contributed by atoms with E-state index in [2.05, 4.69) is 4.72 Å². The lowest BCUT2D eigenvalue weighted by Gasteiger charge is -2.21. The Morgan fingerprint density at radius 3 is 2.59 bits per heavy atom. The summed E-state index contributed by atoms with van der Waals surface area (Å²) < 4.78 is 27.8. The Hall–Kier alpha value is -2.87. The number of hydrogen-bond acceptors (Lipinski definition) is 4. The molecule has 1 amide bonds. The van der Waals surface area contributed by atoms with E-state index in [1.54, 1.807) is 18.2 Å². The van der Waals surface area contributed by atoms with Crippen molar-refractivity contribution in [2.24, 2.45) is 0 Å². The molecule has 0 bridgehead atoms. The highest BCUT2D eigenvalue weighted by Crippen LogP contribution is 2.23. The number of hydrogen-bond donors (Lipinski definition) is 2. The predicted molar refractivity (Wildman–Crippen MR) is 100 cm³/mol. The molecule has 7 nitrogen and oxygen atoms in total. The number of nitrogens with zero attached hydrogens (tertiary/aromatic N) is 1. The van der Waals surface area contributed by atoms with Gasteiger partial charge >= 0.3 is 5.97 Å². The van der Waals surface area contributed by atoms with Crippen LogP contribution < -0.4 is 4.72 Å². The summed E-state index contributed by atoms with van der Waals surface area (Å²) in [5.41, 5.74) is 1.49. The molecule has 0 unspecified atom stereocenters. The van der Waals surface area contributed by atoms with Crippen LogP contribution in [0, 0.1) is 6.92 Å². The molecule has 1 heterocycles. The zero-order valence-electron chi connectivity index (χ0n) is 14.8. The summed E-state index contributed by atoms with van der Waals surface area (Å²) in [6.07, 6.45) is 1.00. The maximum atomic E-state index is 12.7. The quantitative estimate of drug-likeness (QED) is 0.819. The second-order valence-electron chi connectivity index (χ2n) is 6.50. The molecule has 1 saturated heterocycles. The van der Waals surface area contributed by atoms with Crippen LogP contribution in [0.4, 0.5) is 5.69 Å². The molecule has 27 heavy (non-hydrogen) atoms. The summed E-state index contributed by atoms with van der Waals surface area (Å²) in [5.74, 6) is -1.53. The summed E-state index contributed by atoms with van der Waals surface area (Å²) in [6, 6.07) is 11.7. The predicted octanol–water partition coefficient (Wildman–Crippen LogP) is 2.49. The number of rotatable bonds is 5. The molecule has 1 fully saturated rings. The smallest absolute Gasteiger partial charge is 0.326 e. The lowest BCUT2D eigenvalue weighted by atomic mass is 10.1.